The Labute approximate surface area is 113 Å². The van der Waals surface area contributed by atoms with E-state index in [4.69, 9.17) is 0 Å². The molecule has 0 aliphatic rings. The maximum atomic E-state index is 4.42. The first kappa shape index (κ1) is 14.7. The minimum absolute atomic E-state index is 0.595. The van der Waals surface area contributed by atoms with Gasteiger partial charge in [-0.3, -0.25) is 4.68 Å². The fraction of sp³-hybridized carbons (Fsp3) is 0.769. The third kappa shape index (κ3) is 4.11. The van der Waals surface area contributed by atoms with Crippen molar-refractivity contribution >= 4 is 15.9 Å². The Morgan fingerprint density at radius 3 is 2.47 bits per heavy atom. The van der Waals surface area contributed by atoms with Crippen LogP contribution in [0.3, 0.4) is 0 Å². The molecule has 1 heterocycles. The van der Waals surface area contributed by atoms with E-state index < -0.39 is 0 Å². The molecule has 1 N–H and O–H groups in total. The van der Waals surface area contributed by atoms with Gasteiger partial charge in [-0.15, -0.1) is 0 Å². The van der Waals surface area contributed by atoms with Crippen molar-refractivity contribution in [2.75, 3.05) is 7.05 Å². The molecule has 0 spiro atoms. The normalized spacial score (nSPS) is 13.4. The van der Waals surface area contributed by atoms with Crippen molar-refractivity contribution in [1.29, 1.82) is 0 Å². The van der Waals surface area contributed by atoms with Crippen LogP contribution in [0.2, 0.25) is 0 Å². The van der Waals surface area contributed by atoms with Gasteiger partial charge in [0, 0.05) is 13.1 Å². The number of hydrogen-bond acceptors (Lipinski definition) is 2. The molecule has 1 rings (SSSR count). The van der Waals surface area contributed by atoms with Gasteiger partial charge >= 0.3 is 0 Å². The van der Waals surface area contributed by atoms with Gasteiger partial charge in [0.1, 0.15) is 0 Å². The predicted octanol–water partition coefficient (Wildman–Crippen LogP) is 3.06. The Kier molecular flexibility index (Phi) is 5.67. The average molecular weight is 302 g/mol. The Bertz CT molecular complexity index is 358. The first-order valence-corrected chi connectivity index (χ1v) is 7.10. The molecule has 1 atom stereocenters. The maximum absolute atomic E-state index is 4.42. The number of aromatic nitrogens is 2. The number of hydrogen-bond donors (Lipinski definition) is 1. The third-order valence-corrected chi connectivity index (χ3v) is 4.19. The van der Waals surface area contributed by atoms with Crippen molar-refractivity contribution in [3.05, 3.63) is 15.9 Å². The highest BCUT2D eigenvalue weighted by molar-refractivity contribution is 9.10. The van der Waals surface area contributed by atoms with Crippen molar-refractivity contribution < 1.29 is 0 Å². The Morgan fingerprint density at radius 1 is 1.41 bits per heavy atom. The van der Waals surface area contributed by atoms with Crippen LogP contribution in [-0.2, 0) is 13.5 Å². The van der Waals surface area contributed by atoms with E-state index in [1.165, 1.54) is 16.6 Å². The molecule has 1 aromatic rings. The minimum Gasteiger partial charge on any atom is -0.317 e. The Hall–Kier alpha value is -0.350. The van der Waals surface area contributed by atoms with Crippen molar-refractivity contribution in [1.82, 2.24) is 15.1 Å². The fourth-order valence-corrected chi connectivity index (χ4v) is 2.75. The largest absolute Gasteiger partial charge is 0.317 e. The molecule has 0 aliphatic heterocycles. The fourth-order valence-electron chi connectivity index (χ4n) is 2.21. The van der Waals surface area contributed by atoms with Gasteiger partial charge in [-0.2, -0.15) is 5.10 Å². The van der Waals surface area contributed by atoms with Crippen LogP contribution in [-0.4, -0.2) is 22.9 Å². The van der Waals surface area contributed by atoms with Crippen molar-refractivity contribution in [2.45, 2.75) is 46.1 Å². The molecule has 17 heavy (non-hydrogen) atoms. The number of nitrogens with one attached hydrogen (secondary N) is 1. The Morgan fingerprint density at radius 2 is 2.06 bits per heavy atom. The highest BCUT2D eigenvalue weighted by Crippen LogP contribution is 2.22. The van der Waals surface area contributed by atoms with Crippen LogP contribution in [0.25, 0.3) is 0 Å². The second kappa shape index (κ2) is 6.55. The van der Waals surface area contributed by atoms with Gasteiger partial charge in [0.25, 0.3) is 0 Å². The van der Waals surface area contributed by atoms with Crippen LogP contribution in [0.5, 0.6) is 0 Å². The summed E-state index contributed by atoms with van der Waals surface area (Å²) < 4.78 is 3.15. The van der Waals surface area contributed by atoms with Gasteiger partial charge in [-0.1, -0.05) is 13.8 Å². The highest BCUT2D eigenvalue weighted by atomic mass is 79.9. The molecule has 98 valence electrons. The molecule has 0 bridgehead atoms. The lowest BCUT2D eigenvalue weighted by atomic mass is 9.99. The van der Waals surface area contributed by atoms with E-state index in [1.807, 2.05) is 18.7 Å². The van der Waals surface area contributed by atoms with Crippen LogP contribution < -0.4 is 5.32 Å². The second-order valence-electron chi connectivity index (χ2n) is 5.12. The lowest BCUT2D eigenvalue weighted by Crippen LogP contribution is -2.27. The zero-order valence-corrected chi connectivity index (χ0v) is 13.1. The molecular weight excluding hydrogens is 278 g/mol. The van der Waals surface area contributed by atoms with Crippen molar-refractivity contribution in [2.24, 2.45) is 13.0 Å². The first-order valence-electron chi connectivity index (χ1n) is 6.31. The lowest BCUT2D eigenvalue weighted by molar-refractivity contribution is 0.418. The molecule has 0 saturated carbocycles. The molecular formula is C13H24BrN3. The summed E-state index contributed by atoms with van der Waals surface area (Å²) in [6.45, 7) is 6.58. The van der Waals surface area contributed by atoms with Crippen molar-refractivity contribution in [3.8, 4) is 0 Å². The van der Waals surface area contributed by atoms with E-state index >= 15 is 0 Å². The van der Waals surface area contributed by atoms with Crippen LogP contribution in [0.1, 0.15) is 38.1 Å². The highest BCUT2D eigenvalue weighted by Gasteiger charge is 2.14. The smallest absolute Gasteiger partial charge is 0.0738 e. The van der Waals surface area contributed by atoms with Gasteiger partial charge in [0.2, 0.25) is 0 Å². The van der Waals surface area contributed by atoms with E-state index in [-0.39, 0.29) is 0 Å². The number of nitrogens with zero attached hydrogens (tertiary/aromatic N) is 2. The van der Waals surface area contributed by atoms with Crippen LogP contribution in [0.4, 0.5) is 0 Å². The molecule has 1 unspecified atom stereocenters. The monoisotopic (exact) mass is 301 g/mol. The minimum atomic E-state index is 0.595. The summed E-state index contributed by atoms with van der Waals surface area (Å²) in [5.74, 6) is 0.740. The molecule has 0 aliphatic carbocycles. The number of aryl methyl sites for hydroxylation is 2. The standard InChI is InChI=1S/C13H24BrN3/c1-9(2)8-11(15-4)6-7-12-13(14)10(3)16-17(12)5/h9,11,15H,6-8H2,1-5H3. The number of rotatable bonds is 6. The van der Waals surface area contributed by atoms with E-state index in [1.54, 1.807) is 0 Å². The van der Waals surface area contributed by atoms with E-state index in [2.05, 4.69) is 47.2 Å². The average Bonchev–Trinajstić information content (AvgIpc) is 2.49. The zero-order chi connectivity index (χ0) is 13.0. The van der Waals surface area contributed by atoms with Crippen molar-refractivity contribution in [3.63, 3.8) is 0 Å². The molecule has 0 amide bonds. The maximum Gasteiger partial charge on any atom is 0.0738 e. The Balaban J connectivity index is 2.59. The lowest BCUT2D eigenvalue weighted by Gasteiger charge is -2.18. The SMILES string of the molecule is CNC(CCc1c(Br)c(C)nn1C)CC(C)C. The van der Waals surface area contributed by atoms with Crippen LogP contribution in [0, 0.1) is 12.8 Å². The molecule has 0 saturated heterocycles. The molecule has 3 nitrogen and oxygen atoms in total. The molecule has 1 aromatic heterocycles. The second-order valence-corrected chi connectivity index (χ2v) is 5.92. The molecule has 0 aromatic carbocycles. The summed E-state index contributed by atoms with van der Waals surface area (Å²) >= 11 is 3.62. The quantitative estimate of drug-likeness (QED) is 0.875. The zero-order valence-electron chi connectivity index (χ0n) is 11.5. The summed E-state index contributed by atoms with van der Waals surface area (Å²) in [4.78, 5) is 0. The summed E-state index contributed by atoms with van der Waals surface area (Å²) in [5, 5.41) is 7.83. The summed E-state index contributed by atoms with van der Waals surface area (Å²) in [7, 11) is 4.07. The summed E-state index contributed by atoms with van der Waals surface area (Å²) in [6, 6.07) is 0.595. The van der Waals surface area contributed by atoms with Gasteiger partial charge in [-0.05, 0) is 55.1 Å². The van der Waals surface area contributed by atoms with E-state index in [0.717, 1.165) is 24.5 Å². The first-order chi connectivity index (χ1) is 7.95. The third-order valence-electron chi connectivity index (χ3n) is 3.16. The molecule has 0 fully saturated rings. The van der Waals surface area contributed by atoms with Gasteiger partial charge in [-0.25, -0.2) is 0 Å². The van der Waals surface area contributed by atoms with Crippen LogP contribution in [0.15, 0.2) is 4.47 Å². The molecule has 4 heteroatoms. The predicted molar refractivity (Wildman–Crippen MR) is 76.3 cm³/mol. The van der Waals surface area contributed by atoms with Gasteiger partial charge in [0.15, 0.2) is 0 Å². The number of halogens is 1. The van der Waals surface area contributed by atoms with Gasteiger partial charge < -0.3 is 5.32 Å². The summed E-state index contributed by atoms with van der Waals surface area (Å²) in [6.07, 6.45) is 3.45. The van der Waals surface area contributed by atoms with E-state index in [9.17, 15) is 0 Å². The van der Waals surface area contributed by atoms with Crippen LogP contribution >= 0.6 is 15.9 Å². The molecule has 0 radical (unpaired) electrons. The summed E-state index contributed by atoms with van der Waals surface area (Å²) in [5.41, 5.74) is 2.37. The van der Waals surface area contributed by atoms with E-state index in [0.29, 0.717) is 6.04 Å². The van der Waals surface area contributed by atoms with Gasteiger partial charge in [0.05, 0.1) is 15.9 Å². The topological polar surface area (TPSA) is 29.9 Å².